The van der Waals surface area contributed by atoms with Gasteiger partial charge in [0.1, 0.15) is 11.7 Å². The average Bonchev–Trinajstić information content (AvgIpc) is 3.04. The lowest BCUT2D eigenvalue weighted by Crippen LogP contribution is -2.63. The van der Waals surface area contributed by atoms with Crippen LogP contribution in [0.3, 0.4) is 0 Å². The number of ketones is 2. The maximum Gasteiger partial charge on any atom is 0.195 e. The van der Waals surface area contributed by atoms with Crippen LogP contribution >= 0.6 is 0 Å². The first-order valence-electron chi connectivity index (χ1n) is 12.3. The summed E-state index contributed by atoms with van der Waals surface area (Å²) in [6, 6.07) is 0. The van der Waals surface area contributed by atoms with Crippen molar-refractivity contribution in [2.75, 3.05) is 6.61 Å². The molecule has 2 unspecified atom stereocenters. The Labute approximate surface area is 189 Å². The van der Waals surface area contributed by atoms with Crippen molar-refractivity contribution in [3.8, 4) is 0 Å². The average molecular weight is 445 g/mol. The fourth-order valence-electron chi connectivity index (χ4n) is 8.16. The van der Waals surface area contributed by atoms with Crippen molar-refractivity contribution in [3.63, 3.8) is 0 Å². The number of allylic oxidation sites excluding steroid dienone is 4. The van der Waals surface area contributed by atoms with Gasteiger partial charge in [-0.25, -0.2) is 0 Å². The molecule has 9 atom stereocenters. The highest BCUT2D eigenvalue weighted by Gasteiger charge is 2.69. The number of carbonyl (C=O) groups is 2. The molecule has 6 heteroatoms. The summed E-state index contributed by atoms with van der Waals surface area (Å²) in [5, 5.41) is 34.1. The summed E-state index contributed by atoms with van der Waals surface area (Å²) >= 11 is 0. The SMILES string of the molecule is C[C@]12C=CC(=O)C=C1CC[C@@H]1[C@@H]2[C@@H](O)C[C@@]2(C)[C@H]1CC[C@]2(O)C(=O)C(O)C1CCCCO1. The van der Waals surface area contributed by atoms with Crippen LogP contribution in [-0.4, -0.2) is 57.4 Å². The van der Waals surface area contributed by atoms with E-state index in [9.17, 15) is 24.9 Å². The molecule has 1 heterocycles. The molecule has 4 aliphatic carbocycles. The molecule has 0 spiro atoms. The molecular formula is C26H36O6. The molecule has 0 radical (unpaired) electrons. The predicted octanol–water partition coefficient (Wildman–Crippen LogP) is 2.50. The molecular weight excluding hydrogens is 408 g/mol. The number of hydrogen-bond acceptors (Lipinski definition) is 6. The van der Waals surface area contributed by atoms with E-state index in [2.05, 4.69) is 6.92 Å². The molecule has 1 aliphatic heterocycles. The molecule has 6 nitrogen and oxygen atoms in total. The van der Waals surface area contributed by atoms with Gasteiger partial charge in [-0.1, -0.05) is 25.5 Å². The molecule has 0 aromatic carbocycles. The van der Waals surface area contributed by atoms with Gasteiger partial charge in [-0.2, -0.15) is 0 Å². The minimum Gasteiger partial charge on any atom is -0.393 e. The monoisotopic (exact) mass is 444 g/mol. The molecule has 1 saturated heterocycles. The molecule has 0 aromatic heterocycles. The number of carbonyl (C=O) groups excluding carboxylic acids is 2. The number of aliphatic hydroxyl groups excluding tert-OH is 2. The van der Waals surface area contributed by atoms with E-state index in [1.807, 2.05) is 13.0 Å². The fraction of sp³-hybridized carbons (Fsp3) is 0.769. The summed E-state index contributed by atoms with van der Waals surface area (Å²) in [6.07, 6.45) is 8.09. The second kappa shape index (κ2) is 7.59. The van der Waals surface area contributed by atoms with E-state index in [-0.39, 0.29) is 29.0 Å². The van der Waals surface area contributed by atoms with Gasteiger partial charge in [0.25, 0.3) is 0 Å². The highest BCUT2D eigenvalue weighted by molar-refractivity contribution is 6.01. The molecule has 5 rings (SSSR count). The first kappa shape index (κ1) is 22.5. The van der Waals surface area contributed by atoms with Gasteiger partial charge in [0.05, 0.1) is 12.2 Å². The first-order chi connectivity index (χ1) is 15.1. The van der Waals surface area contributed by atoms with Crippen LogP contribution in [0.25, 0.3) is 0 Å². The lowest BCUT2D eigenvalue weighted by Gasteiger charge is -2.59. The summed E-state index contributed by atoms with van der Waals surface area (Å²) in [5.74, 6) is -0.354. The van der Waals surface area contributed by atoms with Gasteiger partial charge >= 0.3 is 0 Å². The lowest BCUT2D eigenvalue weighted by atomic mass is 9.46. The van der Waals surface area contributed by atoms with Gasteiger partial charge in [0.2, 0.25) is 0 Å². The predicted molar refractivity (Wildman–Crippen MR) is 118 cm³/mol. The van der Waals surface area contributed by atoms with Crippen molar-refractivity contribution in [3.05, 3.63) is 23.8 Å². The normalized spacial score (nSPS) is 49.0. The number of rotatable bonds is 3. The Kier molecular flexibility index (Phi) is 5.32. The van der Waals surface area contributed by atoms with Crippen LogP contribution < -0.4 is 0 Å². The van der Waals surface area contributed by atoms with Gasteiger partial charge in [0.15, 0.2) is 11.6 Å². The van der Waals surface area contributed by atoms with E-state index in [0.29, 0.717) is 32.3 Å². The topological polar surface area (TPSA) is 104 Å². The number of fused-ring (bicyclic) bond motifs is 5. The van der Waals surface area contributed by atoms with E-state index in [4.69, 9.17) is 4.74 Å². The summed E-state index contributed by atoms with van der Waals surface area (Å²) < 4.78 is 5.65. The molecule has 0 bridgehead atoms. The maximum atomic E-state index is 13.5. The minimum atomic E-state index is -1.67. The van der Waals surface area contributed by atoms with Crippen molar-refractivity contribution in [1.29, 1.82) is 0 Å². The second-order valence-electron chi connectivity index (χ2n) is 11.3. The first-order valence-corrected chi connectivity index (χ1v) is 12.3. The highest BCUT2D eigenvalue weighted by atomic mass is 16.5. The standard InChI is InChI=1S/C26H36O6/c1-24-10-8-16(27)13-15(24)6-7-17-18-9-11-26(31,25(18,2)14-19(28)21(17)24)23(30)22(29)20-5-3-4-12-32-20/h8,10,13,17-22,28-29,31H,3-7,9,11-12,14H2,1-2H3/t17-,18-,19-,20?,21+,22?,24-,25-,26-/m0/s1. The number of aliphatic hydroxyl groups is 3. The molecule has 3 N–H and O–H groups in total. The van der Waals surface area contributed by atoms with E-state index < -0.39 is 35.1 Å². The molecule has 176 valence electrons. The second-order valence-corrected chi connectivity index (χ2v) is 11.3. The van der Waals surface area contributed by atoms with Gasteiger partial charge in [-0.15, -0.1) is 0 Å². The van der Waals surface area contributed by atoms with Crippen molar-refractivity contribution in [2.45, 2.75) is 89.1 Å². The Morgan fingerprint density at radius 2 is 2.00 bits per heavy atom. The van der Waals surface area contributed by atoms with E-state index in [0.717, 1.165) is 31.3 Å². The minimum absolute atomic E-state index is 0.00539. The summed E-state index contributed by atoms with van der Waals surface area (Å²) in [7, 11) is 0. The van der Waals surface area contributed by atoms with Crippen LogP contribution in [0.4, 0.5) is 0 Å². The fourth-order valence-corrected chi connectivity index (χ4v) is 8.16. The van der Waals surface area contributed by atoms with Crippen molar-refractivity contribution in [1.82, 2.24) is 0 Å². The Morgan fingerprint density at radius 1 is 1.22 bits per heavy atom. The Bertz CT molecular complexity index is 872. The van der Waals surface area contributed by atoms with E-state index in [1.54, 1.807) is 12.2 Å². The highest BCUT2D eigenvalue weighted by Crippen LogP contribution is 2.67. The van der Waals surface area contributed by atoms with Crippen molar-refractivity contribution in [2.24, 2.45) is 28.6 Å². The number of Topliss-reactive ketones (excluding diaryl/α,β-unsaturated/α-hetero) is 1. The number of hydrogen-bond donors (Lipinski definition) is 3. The Hall–Kier alpha value is -1.34. The third-order valence-corrected chi connectivity index (χ3v) is 9.89. The molecule has 0 aromatic rings. The number of ether oxygens (including phenoxy) is 1. The third kappa shape index (κ3) is 2.99. The lowest BCUT2D eigenvalue weighted by molar-refractivity contribution is -0.188. The summed E-state index contributed by atoms with van der Waals surface area (Å²) in [4.78, 5) is 25.5. The van der Waals surface area contributed by atoms with Crippen LogP contribution in [0.5, 0.6) is 0 Å². The van der Waals surface area contributed by atoms with Gasteiger partial charge in [-0.05, 0) is 75.4 Å². The van der Waals surface area contributed by atoms with Crippen LogP contribution in [0.2, 0.25) is 0 Å². The Balaban J connectivity index is 1.45. The van der Waals surface area contributed by atoms with Crippen LogP contribution in [0.15, 0.2) is 23.8 Å². The zero-order chi connectivity index (χ0) is 22.9. The van der Waals surface area contributed by atoms with E-state index >= 15 is 0 Å². The maximum absolute atomic E-state index is 13.5. The smallest absolute Gasteiger partial charge is 0.195 e. The van der Waals surface area contributed by atoms with E-state index in [1.165, 1.54) is 0 Å². The molecule has 5 aliphatic rings. The summed E-state index contributed by atoms with van der Waals surface area (Å²) in [5.41, 5.74) is -1.76. The third-order valence-electron chi connectivity index (χ3n) is 9.89. The molecule has 4 fully saturated rings. The van der Waals surface area contributed by atoms with Crippen molar-refractivity contribution < 1.29 is 29.6 Å². The van der Waals surface area contributed by atoms with Crippen LogP contribution in [0.1, 0.15) is 65.2 Å². The largest absolute Gasteiger partial charge is 0.393 e. The quantitative estimate of drug-likeness (QED) is 0.618. The molecule has 0 amide bonds. The van der Waals surface area contributed by atoms with Crippen LogP contribution in [0, 0.1) is 28.6 Å². The van der Waals surface area contributed by atoms with Gasteiger partial charge in [-0.3, -0.25) is 9.59 Å². The summed E-state index contributed by atoms with van der Waals surface area (Å²) in [6.45, 7) is 4.57. The molecule has 3 saturated carbocycles. The van der Waals surface area contributed by atoms with Gasteiger partial charge < -0.3 is 20.1 Å². The van der Waals surface area contributed by atoms with Gasteiger partial charge in [0, 0.05) is 23.4 Å². The zero-order valence-corrected chi connectivity index (χ0v) is 19.1. The van der Waals surface area contributed by atoms with Crippen molar-refractivity contribution >= 4 is 11.6 Å². The molecule has 32 heavy (non-hydrogen) atoms. The zero-order valence-electron chi connectivity index (χ0n) is 19.1. The Morgan fingerprint density at radius 3 is 2.72 bits per heavy atom. The van der Waals surface area contributed by atoms with Crippen LogP contribution in [-0.2, 0) is 14.3 Å².